The van der Waals surface area contributed by atoms with Gasteiger partial charge in [0.1, 0.15) is 6.04 Å². The van der Waals surface area contributed by atoms with Gasteiger partial charge < -0.3 is 10.8 Å². The lowest BCUT2D eigenvalue weighted by atomic mass is 10.1. The van der Waals surface area contributed by atoms with Crippen molar-refractivity contribution in [2.75, 3.05) is 11.5 Å². The molecule has 0 bridgehead atoms. The number of rotatable bonds is 7. The average molecular weight is 344 g/mol. The minimum absolute atomic E-state index is 0.472. The van der Waals surface area contributed by atoms with Gasteiger partial charge >= 0.3 is 18.3 Å². The van der Waals surface area contributed by atoms with E-state index < -0.39 is 64.4 Å². The van der Waals surface area contributed by atoms with Gasteiger partial charge in [0.05, 0.1) is 0 Å². The van der Waals surface area contributed by atoms with Crippen LogP contribution in [0.3, 0.4) is 0 Å². The second-order valence-electron chi connectivity index (χ2n) is 4.38. The highest BCUT2D eigenvalue weighted by Crippen LogP contribution is 2.41. The van der Waals surface area contributed by atoms with E-state index in [0.717, 1.165) is 0 Å². The second kappa shape index (κ2) is 6.81. The first-order valence-electron chi connectivity index (χ1n) is 5.53. The molecule has 0 saturated heterocycles. The molecule has 0 heterocycles. The fourth-order valence-electron chi connectivity index (χ4n) is 1.36. The fraction of sp³-hybridized carbons (Fsp3) is 0.889. The van der Waals surface area contributed by atoms with Gasteiger partial charge in [-0.1, -0.05) is 0 Å². The summed E-state index contributed by atoms with van der Waals surface area (Å²) in [6, 6.07) is -1.47. The zero-order valence-corrected chi connectivity index (χ0v) is 11.3. The third-order valence-corrected chi connectivity index (χ3v) is 4.39. The largest absolute Gasteiger partial charge is 0.480 e. The minimum atomic E-state index is -5.55. The van der Waals surface area contributed by atoms with Crippen molar-refractivity contribution in [2.24, 2.45) is 11.7 Å². The molecule has 12 heteroatoms. The maximum atomic E-state index is 12.2. The van der Waals surface area contributed by atoms with Crippen molar-refractivity contribution < 1.29 is 40.5 Å². The summed E-state index contributed by atoms with van der Waals surface area (Å²) in [6.45, 7) is 0. The summed E-state index contributed by atoms with van der Waals surface area (Å²) >= 11 is 0. The molecule has 0 saturated carbocycles. The van der Waals surface area contributed by atoms with Gasteiger partial charge in [0.2, 0.25) is 0 Å². The van der Waals surface area contributed by atoms with Crippen LogP contribution in [0.1, 0.15) is 12.8 Å². The van der Waals surface area contributed by atoms with E-state index in [1.54, 1.807) is 0 Å². The maximum absolute atomic E-state index is 12.2. The molecule has 0 fully saturated rings. The Morgan fingerprint density at radius 3 is 1.81 bits per heavy atom. The number of carboxylic acids is 1. The summed E-state index contributed by atoms with van der Waals surface area (Å²) in [7, 11) is -3.77. The SMILES string of the molecule is N=S(=O)(CCC(C(F)(F)F)C(F)(F)F)CC[C@H](N)C(=O)O. The minimum Gasteiger partial charge on any atom is -0.480 e. The molecule has 0 aliphatic rings. The Balaban J connectivity index is 4.70. The smallest absolute Gasteiger partial charge is 0.400 e. The van der Waals surface area contributed by atoms with Crippen LogP contribution in [0.2, 0.25) is 0 Å². The molecule has 5 nitrogen and oxygen atoms in total. The van der Waals surface area contributed by atoms with Gasteiger partial charge in [-0.3, -0.25) is 9.57 Å². The normalized spacial score (nSPS) is 17.5. The van der Waals surface area contributed by atoms with E-state index in [9.17, 15) is 35.3 Å². The summed E-state index contributed by atoms with van der Waals surface area (Å²) in [5, 5.41) is 8.43. The molecule has 126 valence electrons. The highest BCUT2D eigenvalue weighted by molar-refractivity contribution is 7.92. The van der Waals surface area contributed by atoms with Crippen LogP contribution in [0.25, 0.3) is 0 Å². The molecule has 0 rings (SSSR count). The number of alkyl halides is 6. The number of carbonyl (C=O) groups is 1. The van der Waals surface area contributed by atoms with Gasteiger partial charge in [0, 0.05) is 21.2 Å². The molecule has 0 spiro atoms. The number of hydrogen-bond acceptors (Lipinski definition) is 4. The summed E-state index contributed by atoms with van der Waals surface area (Å²) < 4.78 is 92.2. The molecule has 0 aromatic rings. The summed E-state index contributed by atoms with van der Waals surface area (Å²) in [6.07, 6.45) is -13.1. The second-order valence-corrected chi connectivity index (χ2v) is 6.82. The van der Waals surface area contributed by atoms with Crippen molar-refractivity contribution in [2.45, 2.75) is 31.2 Å². The van der Waals surface area contributed by atoms with Crippen LogP contribution in [0.5, 0.6) is 0 Å². The molecular formula is C9H14F6N2O3S. The lowest BCUT2D eigenvalue weighted by molar-refractivity contribution is -0.284. The Labute approximate surface area is 116 Å². The van der Waals surface area contributed by atoms with Crippen molar-refractivity contribution >= 4 is 15.7 Å². The molecule has 0 amide bonds. The number of halogens is 6. The predicted molar refractivity (Wildman–Crippen MR) is 61.0 cm³/mol. The maximum Gasteiger partial charge on any atom is 0.400 e. The van der Waals surface area contributed by atoms with E-state index >= 15 is 0 Å². The number of aliphatic carboxylic acids is 1. The number of carboxylic acid groups (broad SMARTS) is 1. The van der Waals surface area contributed by atoms with Gasteiger partial charge in [-0.05, 0) is 12.8 Å². The van der Waals surface area contributed by atoms with Gasteiger partial charge in [-0.25, -0.2) is 4.21 Å². The summed E-state index contributed by atoms with van der Waals surface area (Å²) in [5.41, 5.74) is 5.05. The first-order valence-corrected chi connectivity index (χ1v) is 7.42. The molecular weight excluding hydrogens is 330 g/mol. The molecule has 0 aromatic heterocycles. The van der Waals surface area contributed by atoms with Crippen LogP contribution in [0, 0.1) is 10.7 Å². The van der Waals surface area contributed by atoms with Crippen molar-refractivity contribution in [1.82, 2.24) is 0 Å². The Kier molecular flexibility index (Phi) is 6.48. The number of nitrogens with two attached hydrogens (primary N) is 1. The van der Waals surface area contributed by atoms with Crippen LogP contribution in [-0.2, 0) is 14.5 Å². The first-order chi connectivity index (χ1) is 9.17. The molecule has 2 atom stereocenters. The molecule has 0 aromatic carbocycles. The predicted octanol–water partition coefficient (Wildman–Crippen LogP) is 1.97. The molecule has 21 heavy (non-hydrogen) atoms. The van der Waals surface area contributed by atoms with E-state index in [4.69, 9.17) is 15.6 Å². The number of nitrogens with one attached hydrogen (secondary N) is 1. The van der Waals surface area contributed by atoms with E-state index in [-0.39, 0.29) is 0 Å². The van der Waals surface area contributed by atoms with E-state index in [2.05, 4.69) is 0 Å². The van der Waals surface area contributed by atoms with Crippen molar-refractivity contribution in [1.29, 1.82) is 4.78 Å². The quantitative estimate of drug-likeness (QED) is 0.614. The average Bonchev–Trinajstić information content (AvgIpc) is 2.21. The Bertz CT molecular complexity index is 445. The molecule has 4 N–H and O–H groups in total. The molecule has 0 radical (unpaired) electrons. The Hall–Kier alpha value is -1.04. The number of hydrogen-bond donors (Lipinski definition) is 3. The summed E-state index contributed by atoms with van der Waals surface area (Å²) in [4.78, 5) is 10.4. The Morgan fingerprint density at radius 2 is 1.48 bits per heavy atom. The zero-order valence-electron chi connectivity index (χ0n) is 10.5. The van der Waals surface area contributed by atoms with Crippen molar-refractivity contribution in [3.05, 3.63) is 0 Å². The van der Waals surface area contributed by atoms with E-state index in [0.29, 0.717) is 0 Å². The Morgan fingerprint density at radius 1 is 1.10 bits per heavy atom. The van der Waals surface area contributed by atoms with Gasteiger partial charge in [0.15, 0.2) is 5.92 Å². The van der Waals surface area contributed by atoms with E-state index in [1.807, 2.05) is 0 Å². The molecule has 1 unspecified atom stereocenters. The highest BCUT2D eigenvalue weighted by atomic mass is 32.2. The zero-order chi connectivity index (χ0) is 17.1. The van der Waals surface area contributed by atoms with E-state index in [1.165, 1.54) is 0 Å². The van der Waals surface area contributed by atoms with Gasteiger partial charge in [-0.2, -0.15) is 26.3 Å². The van der Waals surface area contributed by atoms with Crippen molar-refractivity contribution in [3.8, 4) is 0 Å². The lowest BCUT2D eigenvalue weighted by Gasteiger charge is -2.23. The topological polar surface area (TPSA) is 104 Å². The van der Waals surface area contributed by atoms with Crippen LogP contribution in [-0.4, -0.2) is 45.2 Å². The standard InChI is InChI=1S/C9H14F6N2O3S/c10-8(11,12)6(9(13,14)15)2-4-21(17,20)3-1-5(16)7(18)19/h5-6,17H,1-4,16H2,(H,18,19)/t5-,21?/m0/s1. The fourth-order valence-corrected chi connectivity index (χ4v) is 2.82. The first kappa shape index (κ1) is 20.0. The third-order valence-electron chi connectivity index (χ3n) is 2.60. The molecule has 0 aliphatic carbocycles. The van der Waals surface area contributed by atoms with Crippen molar-refractivity contribution in [3.63, 3.8) is 0 Å². The van der Waals surface area contributed by atoms with Gasteiger partial charge in [0.25, 0.3) is 0 Å². The summed E-state index contributed by atoms with van der Waals surface area (Å²) in [5.74, 6) is -6.94. The van der Waals surface area contributed by atoms with Gasteiger partial charge in [-0.15, -0.1) is 0 Å². The highest BCUT2D eigenvalue weighted by Gasteiger charge is 2.56. The van der Waals surface area contributed by atoms with Crippen LogP contribution in [0.15, 0.2) is 0 Å². The monoisotopic (exact) mass is 344 g/mol. The third kappa shape index (κ3) is 7.50. The molecule has 0 aliphatic heterocycles. The van der Waals surface area contributed by atoms with Crippen LogP contribution in [0.4, 0.5) is 26.3 Å². The van der Waals surface area contributed by atoms with Crippen LogP contribution >= 0.6 is 0 Å². The van der Waals surface area contributed by atoms with Crippen LogP contribution < -0.4 is 5.73 Å². The lowest BCUT2D eigenvalue weighted by Crippen LogP contribution is -2.38.